The van der Waals surface area contributed by atoms with Gasteiger partial charge in [-0.2, -0.15) is 5.10 Å². The second-order valence-corrected chi connectivity index (χ2v) is 6.40. The number of carbonyl (C=O) groups is 1. The van der Waals surface area contributed by atoms with E-state index in [2.05, 4.69) is 29.2 Å². The van der Waals surface area contributed by atoms with Gasteiger partial charge in [0, 0.05) is 31.9 Å². The molecule has 2 fully saturated rings. The molecule has 1 unspecified atom stereocenters. The number of H-pyrrole nitrogens is 1. The first-order valence-electron chi connectivity index (χ1n) is 7.69. The third-order valence-electron chi connectivity index (χ3n) is 4.89. The van der Waals surface area contributed by atoms with Gasteiger partial charge in [-0.3, -0.25) is 9.89 Å². The zero-order valence-electron chi connectivity index (χ0n) is 12.8. The van der Waals surface area contributed by atoms with E-state index in [1.165, 1.54) is 0 Å². The van der Waals surface area contributed by atoms with Gasteiger partial charge < -0.3 is 14.5 Å². The smallest absolute Gasteiger partial charge is 0.271 e. The van der Waals surface area contributed by atoms with Crippen LogP contribution in [0.1, 0.15) is 36.2 Å². The number of amides is 1. The van der Waals surface area contributed by atoms with Crippen LogP contribution in [0.25, 0.3) is 0 Å². The van der Waals surface area contributed by atoms with E-state index in [0.29, 0.717) is 11.7 Å². The van der Waals surface area contributed by atoms with Crippen molar-refractivity contribution in [3.8, 4) is 0 Å². The average Bonchev–Trinajstić information content (AvgIpc) is 3.02. The second kappa shape index (κ2) is 5.77. The Morgan fingerprint density at radius 3 is 2.86 bits per heavy atom. The fourth-order valence-electron chi connectivity index (χ4n) is 3.45. The van der Waals surface area contributed by atoms with Gasteiger partial charge in [0.1, 0.15) is 5.69 Å². The molecule has 0 bridgehead atoms. The fraction of sp³-hybridized carbons (Fsp3) is 0.733. The summed E-state index contributed by atoms with van der Waals surface area (Å²) in [6.45, 7) is 2.35. The molecular formula is C15H24N4O2. The van der Waals surface area contributed by atoms with Gasteiger partial charge in [-0.15, -0.1) is 0 Å². The van der Waals surface area contributed by atoms with Crippen LogP contribution in [0.2, 0.25) is 0 Å². The maximum absolute atomic E-state index is 12.3. The third-order valence-corrected chi connectivity index (χ3v) is 4.89. The van der Waals surface area contributed by atoms with Gasteiger partial charge in [0.25, 0.3) is 5.91 Å². The summed E-state index contributed by atoms with van der Waals surface area (Å²) >= 11 is 0. The molecule has 3 rings (SSSR count). The van der Waals surface area contributed by atoms with E-state index in [9.17, 15) is 4.79 Å². The zero-order valence-corrected chi connectivity index (χ0v) is 12.8. The number of piperidine rings is 1. The second-order valence-electron chi connectivity index (χ2n) is 6.40. The number of hydrogen-bond acceptors (Lipinski definition) is 4. The topological polar surface area (TPSA) is 61.5 Å². The van der Waals surface area contributed by atoms with Crippen LogP contribution in [0.15, 0.2) is 12.3 Å². The third kappa shape index (κ3) is 2.96. The van der Waals surface area contributed by atoms with Gasteiger partial charge in [-0.1, -0.05) is 0 Å². The van der Waals surface area contributed by atoms with E-state index < -0.39 is 0 Å². The number of rotatable bonds is 2. The molecule has 6 nitrogen and oxygen atoms in total. The van der Waals surface area contributed by atoms with Gasteiger partial charge in [-0.05, 0) is 45.8 Å². The normalized spacial score (nSPS) is 25.5. The molecule has 0 saturated carbocycles. The lowest BCUT2D eigenvalue weighted by molar-refractivity contribution is -0.125. The van der Waals surface area contributed by atoms with Crippen molar-refractivity contribution in [3.05, 3.63) is 18.0 Å². The van der Waals surface area contributed by atoms with Crippen molar-refractivity contribution in [2.45, 2.75) is 37.3 Å². The number of ether oxygens (including phenoxy) is 1. The Bertz CT molecular complexity index is 478. The molecule has 1 N–H and O–H groups in total. The molecule has 0 aliphatic carbocycles. The van der Waals surface area contributed by atoms with Crippen molar-refractivity contribution < 1.29 is 9.53 Å². The molecule has 1 atom stereocenters. The molecule has 1 aromatic heterocycles. The quantitative estimate of drug-likeness (QED) is 0.887. The van der Waals surface area contributed by atoms with Crippen molar-refractivity contribution in [1.29, 1.82) is 0 Å². The van der Waals surface area contributed by atoms with E-state index >= 15 is 0 Å². The summed E-state index contributed by atoms with van der Waals surface area (Å²) in [7, 11) is 4.28. The molecule has 0 aromatic carbocycles. The largest absolute Gasteiger partial charge is 0.375 e. The molecule has 116 valence electrons. The number of aromatic nitrogens is 2. The van der Waals surface area contributed by atoms with Crippen LogP contribution < -0.4 is 0 Å². The summed E-state index contributed by atoms with van der Waals surface area (Å²) in [4.78, 5) is 16.5. The highest BCUT2D eigenvalue weighted by Gasteiger charge is 2.41. The Labute approximate surface area is 125 Å². The average molecular weight is 292 g/mol. The van der Waals surface area contributed by atoms with Gasteiger partial charge in [0.15, 0.2) is 0 Å². The molecule has 1 aromatic rings. The van der Waals surface area contributed by atoms with Crippen LogP contribution in [-0.2, 0) is 4.74 Å². The summed E-state index contributed by atoms with van der Waals surface area (Å²) in [5.41, 5.74) is 0.541. The zero-order chi connectivity index (χ0) is 14.9. The van der Waals surface area contributed by atoms with Gasteiger partial charge in [-0.25, -0.2) is 0 Å². The van der Waals surface area contributed by atoms with Crippen molar-refractivity contribution in [1.82, 2.24) is 20.0 Å². The fourth-order valence-corrected chi connectivity index (χ4v) is 3.45. The molecule has 6 heteroatoms. The Balaban J connectivity index is 1.61. The van der Waals surface area contributed by atoms with Gasteiger partial charge in [0.2, 0.25) is 0 Å². The van der Waals surface area contributed by atoms with E-state index in [0.717, 1.165) is 45.4 Å². The predicted octanol–water partition coefficient (Wildman–Crippen LogP) is 1.13. The highest BCUT2D eigenvalue weighted by atomic mass is 16.5. The summed E-state index contributed by atoms with van der Waals surface area (Å²) in [5, 5.41) is 6.60. The molecule has 2 saturated heterocycles. The highest BCUT2D eigenvalue weighted by Crippen LogP contribution is 2.36. The molecule has 2 aliphatic rings. The number of nitrogens with zero attached hydrogens (tertiary/aromatic N) is 3. The van der Waals surface area contributed by atoms with Crippen molar-refractivity contribution in [2.24, 2.45) is 0 Å². The molecule has 0 radical (unpaired) electrons. The predicted molar refractivity (Wildman–Crippen MR) is 79.1 cm³/mol. The minimum atomic E-state index is -0.0298. The van der Waals surface area contributed by atoms with Crippen LogP contribution in [0.5, 0.6) is 0 Å². The number of hydrogen-bond donors (Lipinski definition) is 1. The highest BCUT2D eigenvalue weighted by molar-refractivity contribution is 5.92. The molecule has 21 heavy (non-hydrogen) atoms. The van der Waals surface area contributed by atoms with E-state index in [1.807, 2.05) is 4.90 Å². The Morgan fingerprint density at radius 2 is 2.24 bits per heavy atom. The molecule has 3 heterocycles. The Hall–Kier alpha value is -1.40. The lowest BCUT2D eigenvalue weighted by atomic mass is 9.82. The first-order valence-corrected chi connectivity index (χ1v) is 7.69. The lowest BCUT2D eigenvalue weighted by Crippen LogP contribution is -2.53. The number of aromatic amines is 1. The molecule has 2 aliphatic heterocycles. The Kier molecular flexibility index (Phi) is 3.99. The lowest BCUT2D eigenvalue weighted by Gasteiger charge is -2.47. The van der Waals surface area contributed by atoms with Crippen molar-refractivity contribution in [3.63, 3.8) is 0 Å². The van der Waals surface area contributed by atoms with Crippen molar-refractivity contribution in [2.75, 3.05) is 33.8 Å². The standard InChI is InChI=1S/C15H24N4O2/c1-18(2)12-4-10-21-15(11-12)5-8-19(9-6-15)14(20)13-3-7-16-17-13/h3,7,12H,4-6,8-11H2,1-2H3,(H,16,17). The van der Waals surface area contributed by atoms with Crippen LogP contribution in [0.4, 0.5) is 0 Å². The first kappa shape index (κ1) is 14.5. The number of nitrogens with one attached hydrogen (secondary N) is 1. The van der Waals surface area contributed by atoms with Crippen LogP contribution in [0.3, 0.4) is 0 Å². The maximum atomic E-state index is 12.3. The van der Waals surface area contributed by atoms with Gasteiger partial charge in [0.05, 0.1) is 5.60 Å². The molecule has 1 amide bonds. The monoisotopic (exact) mass is 292 g/mol. The minimum Gasteiger partial charge on any atom is -0.375 e. The minimum absolute atomic E-state index is 0.0298. The SMILES string of the molecule is CN(C)C1CCOC2(CCN(C(=O)c3ccn[nH]3)CC2)C1. The maximum Gasteiger partial charge on any atom is 0.271 e. The summed E-state index contributed by atoms with van der Waals surface area (Å²) in [6, 6.07) is 2.32. The molecular weight excluding hydrogens is 268 g/mol. The van der Waals surface area contributed by atoms with Crippen LogP contribution in [0, 0.1) is 0 Å². The molecule has 1 spiro atoms. The van der Waals surface area contributed by atoms with E-state index in [1.54, 1.807) is 12.3 Å². The van der Waals surface area contributed by atoms with E-state index in [4.69, 9.17) is 4.74 Å². The van der Waals surface area contributed by atoms with Gasteiger partial charge >= 0.3 is 0 Å². The summed E-state index contributed by atoms with van der Waals surface area (Å²) in [6.07, 6.45) is 5.65. The van der Waals surface area contributed by atoms with E-state index in [-0.39, 0.29) is 11.5 Å². The first-order chi connectivity index (χ1) is 10.1. The Morgan fingerprint density at radius 1 is 1.48 bits per heavy atom. The van der Waals surface area contributed by atoms with Crippen LogP contribution >= 0.6 is 0 Å². The number of carbonyl (C=O) groups excluding carboxylic acids is 1. The summed E-state index contributed by atoms with van der Waals surface area (Å²) < 4.78 is 6.12. The van der Waals surface area contributed by atoms with Crippen LogP contribution in [-0.4, -0.2) is 71.3 Å². The van der Waals surface area contributed by atoms with Crippen molar-refractivity contribution >= 4 is 5.91 Å². The summed E-state index contributed by atoms with van der Waals surface area (Å²) in [5.74, 6) is 0.0438. The number of likely N-dealkylation sites (tertiary alicyclic amines) is 1.